The predicted octanol–water partition coefficient (Wildman–Crippen LogP) is 2.45. The van der Waals surface area contributed by atoms with Gasteiger partial charge in [0.15, 0.2) is 18.1 Å². The third-order valence-corrected chi connectivity index (χ3v) is 3.88. The summed E-state index contributed by atoms with van der Waals surface area (Å²) in [5.41, 5.74) is 2.43. The number of carbonyl (C=O) groups is 1. The average Bonchev–Trinajstić information content (AvgIpc) is 3.25. The number of imidazole rings is 1. The highest BCUT2D eigenvalue weighted by atomic mass is 16.5. The third-order valence-electron chi connectivity index (χ3n) is 3.88. The Balaban J connectivity index is 1.51. The molecule has 0 spiro atoms. The summed E-state index contributed by atoms with van der Waals surface area (Å²) in [6.45, 7) is 0.256. The van der Waals surface area contributed by atoms with Gasteiger partial charge in [0.05, 0.1) is 25.1 Å². The number of rotatable bonds is 7. The number of nitrogens with one attached hydrogen (secondary N) is 1. The molecule has 0 bridgehead atoms. The van der Waals surface area contributed by atoms with E-state index in [0.29, 0.717) is 23.6 Å². The van der Waals surface area contributed by atoms with Crippen molar-refractivity contribution in [2.75, 3.05) is 13.7 Å². The Labute approximate surface area is 156 Å². The molecule has 1 aromatic heterocycles. The van der Waals surface area contributed by atoms with E-state index in [2.05, 4.69) is 10.3 Å². The highest BCUT2D eigenvalue weighted by Crippen LogP contribution is 2.27. The molecule has 1 heterocycles. The van der Waals surface area contributed by atoms with Crippen molar-refractivity contribution in [2.24, 2.45) is 0 Å². The minimum Gasteiger partial charge on any atom is -0.493 e. The van der Waals surface area contributed by atoms with Crippen LogP contribution in [0.4, 0.5) is 0 Å². The topological polar surface area (TPSA) is 89.2 Å². The van der Waals surface area contributed by atoms with Crippen molar-refractivity contribution in [2.45, 2.75) is 6.54 Å². The number of nitrogens with zero attached hydrogens (tertiary/aromatic N) is 3. The second kappa shape index (κ2) is 8.54. The number of methoxy groups -OCH3 is 1. The third kappa shape index (κ3) is 4.64. The molecule has 3 rings (SSSR count). The Kier molecular flexibility index (Phi) is 5.70. The fourth-order valence-corrected chi connectivity index (χ4v) is 2.45. The van der Waals surface area contributed by atoms with Gasteiger partial charge in [-0.3, -0.25) is 4.79 Å². The molecule has 7 heteroatoms. The lowest BCUT2D eigenvalue weighted by Gasteiger charge is -2.11. The van der Waals surface area contributed by atoms with Gasteiger partial charge in [0.2, 0.25) is 0 Å². The van der Waals surface area contributed by atoms with Gasteiger partial charge in [0.1, 0.15) is 0 Å². The van der Waals surface area contributed by atoms with Crippen LogP contribution in [0.1, 0.15) is 11.1 Å². The zero-order valence-electron chi connectivity index (χ0n) is 14.8. The number of carbonyl (C=O) groups excluding carboxylic acids is 1. The van der Waals surface area contributed by atoms with Crippen molar-refractivity contribution in [3.05, 3.63) is 72.3 Å². The first-order chi connectivity index (χ1) is 13.2. The molecule has 0 radical (unpaired) electrons. The summed E-state index contributed by atoms with van der Waals surface area (Å²) in [6, 6.07) is 14.6. The van der Waals surface area contributed by atoms with Crippen molar-refractivity contribution < 1.29 is 14.3 Å². The van der Waals surface area contributed by atoms with Gasteiger partial charge in [-0.1, -0.05) is 12.1 Å². The second-order valence-corrected chi connectivity index (χ2v) is 5.68. The van der Waals surface area contributed by atoms with E-state index in [4.69, 9.17) is 14.7 Å². The summed E-state index contributed by atoms with van der Waals surface area (Å²) in [4.78, 5) is 16.0. The smallest absolute Gasteiger partial charge is 0.258 e. The zero-order chi connectivity index (χ0) is 19.1. The number of benzene rings is 2. The number of hydrogen-bond acceptors (Lipinski definition) is 5. The van der Waals surface area contributed by atoms with Crippen LogP contribution in [0.15, 0.2) is 61.2 Å². The highest BCUT2D eigenvalue weighted by molar-refractivity contribution is 5.77. The molecule has 0 saturated carbocycles. The molecule has 0 atom stereocenters. The van der Waals surface area contributed by atoms with Crippen LogP contribution in [0.25, 0.3) is 5.69 Å². The van der Waals surface area contributed by atoms with Gasteiger partial charge in [-0.05, 0) is 29.8 Å². The first kappa shape index (κ1) is 18.0. The molecule has 0 fully saturated rings. The van der Waals surface area contributed by atoms with Gasteiger partial charge in [0, 0.05) is 30.7 Å². The van der Waals surface area contributed by atoms with Gasteiger partial charge in [0.25, 0.3) is 5.91 Å². The molecular formula is C20H18N4O3. The first-order valence-corrected chi connectivity index (χ1v) is 8.24. The SMILES string of the molecule is COc1cc(C#N)ccc1OCC(=O)NCc1ccc(-n2ccnc2)cc1. The molecule has 0 saturated heterocycles. The van der Waals surface area contributed by atoms with E-state index >= 15 is 0 Å². The highest BCUT2D eigenvalue weighted by Gasteiger charge is 2.09. The quantitative estimate of drug-likeness (QED) is 0.697. The van der Waals surface area contributed by atoms with Crippen molar-refractivity contribution in [1.82, 2.24) is 14.9 Å². The lowest BCUT2D eigenvalue weighted by molar-refractivity contribution is -0.123. The molecule has 0 aliphatic rings. The maximum Gasteiger partial charge on any atom is 0.258 e. The number of nitriles is 1. The maximum absolute atomic E-state index is 12.0. The standard InChI is InChI=1S/C20H18N4O3/c1-26-19-10-16(11-21)4-7-18(19)27-13-20(25)23-12-15-2-5-17(6-3-15)24-9-8-22-14-24/h2-10,14H,12-13H2,1H3,(H,23,25). The molecule has 1 N–H and O–H groups in total. The summed E-state index contributed by atoms with van der Waals surface area (Å²) in [5, 5.41) is 11.7. The maximum atomic E-state index is 12.0. The monoisotopic (exact) mass is 362 g/mol. The lowest BCUT2D eigenvalue weighted by Crippen LogP contribution is -2.28. The Morgan fingerprint density at radius 3 is 2.70 bits per heavy atom. The molecule has 7 nitrogen and oxygen atoms in total. The van der Waals surface area contributed by atoms with Crippen LogP contribution in [0.3, 0.4) is 0 Å². The average molecular weight is 362 g/mol. The molecule has 0 unspecified atom stereocenters. The van der Waals surface area contributed by atoms with Gasteiger partial charge >= 0.3 is 0 Å². The largest absolute Gasteiger partial charge is 0.493 e. The zero-order valence-corrected chi connectivity index (χ0v) is 14.8. The van der Waals surface area contributed by atoms with Crippen LogP contribution < -0.4 is 14.8 Å². The summed E-state index contributed by atoms with van der Waals surface area (Å²) in [5.74, 6) is 0.577. The van der Waals surface area contributed by atoms with Gasteiger partial charge in [-0.15, -0.1) is 0 Å². The van der Waals surface area contributed by atoms with E-state index in [0.717, 1.165) is 11.3 Å². The summed E-state index contributed by atoms with van der Waals surface area (Å²) >= 11 is 0. The van der Waals surface area contributed by atoms with Gasteiger partial charge in [-0.2, -0.15) is 5.26 Å². The fourth-order valence-electron chi connectivity index (χ4n) is 2.45. The van der Waals surface area contributed by atoms with Crippen LogP contribution >= 0.6 is 0 Å². The molecular weight excluding hydrogens is 344 g/mol. The van der Waals surface area contributed by atoms with E-state index in [9.17, 15) is 4.79 Å². The molecule has 27 heavy (non-hydrogen) atoms. The summed E-state index contributed by atoms with van der Waals surface area (Å²) in [7, 11) is 1.48. The summed E-state index contributed by atoms with van der Waals surface area (Å²) in [6.07, 6.45) is 5.31. The lowest BCUT2D eigenvalue weighted by atomic mass is 10.2. The Morgan fingerprint density at radius 2 is 2.04 bits per heavy atom. The van der Waals surface area contributed by atoms with Crippen molar-refractivity contribution in [1.29, 1.82) is 5.26 Å². The summed E-state index contributed by atoms with van der Waals surface area (Å²) < 4.78 is 12.6. The van der Waals surface area contributed by atoms with Crippen LogP contribution in [-0.4, -0.2) is 29.2 Å². The van der Waals surface area contributed by atoms with Crippen LogP contribution in [0.2, 0.25) is 0 Å². The molecule has 1 amide bonds. The van der Waals surface area contributed by atoms with Crippen LogP contribution in [0, 0.1) is 11.3 Å². The van der Waals surface area contributed by atoms with E-state index in [1.807, 2.05) is 41.1 Å². The number of hydrogen-bond donors (Lipinski definition) is 1. The van der Waals surface area contributed by atoms with E-state index in [1.165, 1.54) is 7.11 Å². The normalized spacial score (nSPS) is 10.1. The van der Waals surface area contributed by atoms with Gasteiger partial charge < -0.3 is 19.4 Å². The molecule has 136 valence electrons. The van der Waals surface area contributed by atoms with E-state index < -0.39 is 0 Å². The Hall–Kier alpha value is -3.79. The van der Waals surface area contributed by atoms with Crippen molar-refractivity contribution >= 4 is 5.91 Å². The molecule has 0 aliphatic carbocycles. The van der Waals surface area contributed by atoms with Crippen LogP contribution in [-0.2, 0) is 11.3 Å². The number of amides is 1. The second-order valence-electron chi connectivity index (χ2n) is 5.68. The predicted molar refractivity (Wildman–Crippen MR) is 98.6 cm³/mol. The Morgan fingerprint density at radius 1 is 1.22 bits per heavy atom. The minimum atomic E-state index is -0.250. The fraction of sp³-hybridized carbons (Fsp3) is 0.150. The van der Waals surface area contributed by atoms with Gasteiger partial charge in [-0.25, -0.2) is 4.98 Å². The van der Waals surface area contributed by atoms with E-state index in [1.54, 1.807) is 30.7 Å². The van der Waals surface area contributed by atoms with Crippen molar-refractivity contribution in [3.8, 4) is 23.3 Å². The molecule has 2 aromatic carbocycles. The number of aromatic nitrogens is 2. The molecule has 0 aliphatic heterocycles. The number of ether oxygens (including phenoxy) is 2. The Bertz CT molecular complexity index is 944. The molecule has 3 aromatic rings. The minimum absolute atomic E-state index is 0.143. The van der Waals surface area contributed by atoms with Crippen LogP contribution in [0.5, 0.6) is 11.5 Å². The van der Waals surface area contributed by atoms with E-state index in [-0.39, 0.29) is 12.5 Å². The first-order valence-electron chi connectivity index (χ1n) is 8.24. The van der Waals surface area contributed by atoms with Crippen molar-refractivity contribution in [3.63, 3.8) is 0 Å².